The van der Waals surface area contributed by atoms with Crippen molar-refractivity contribution >= 4 is 40.1 Å². The van der Waals surface area contributed by atoms with Crippen LogP contribution in [-0.2, 0) is 6.54 Å². The lowest BCUT2D eigenvalue weighted by Crippen LogP contribution is -2.26. The van der Waals surface area contributed by atoms with E-state index in [9.17, 15) is 0 Å². The molecule has 1 heterocycles. The van der Waals surface area contributed by atoms with E-state index in [2.05, 4.69) is 158 Å². The summed E-state index contributed by atoms with van der Waals surface area (Å²) in [5, 5.41) is 2.50. The normalized spacial score (nSPS) is 13.0. The largest absolute Gasteiger partial charge is 0.334 e. The van der Waals surface area contributed by atoms with Gasteiger partial charge in [0.25, 0.3) is 0 Å². The molecule has 2 heteroatoms. The third kappa shape index (κ3) is 5.21. The Morgan fingerprint density at radius 2 is 1.28 bits per heavy atom. The Kier molecular flexibility index (Phi) is 7.85. The standard InChI is InChI=1S/C44H34N2/c1-4-14-31(5-2)32-21-23-33(24-22-32)37-26-28-40-39-27-25-34-15-12-13-20-38(34)41(39)30-46(42(40)29-37)44(36-18-10-7-11-19-36)43(45-3)35-16-8-6-9-17-35/h4-29H,1-3,30H2/b31-14+,44-43-. The Balaban J connectivity index is 1.48. The van der Waals surface area contributed by atoms with E-state index in [0.717, 1.165) is 50.5 Å². The van der Waals surface area contributed by atoms with Gasteiger partial charge in [0.05, 0.1) is 17.1 Å². The molecule has 220 valence electrons. The summed E-state index contributed by atoms with van der Waals surface area (Å²) >= 11 is 0. The number of hydrogen-bond acceptors (Lipinski definition) is 2. The van der Waals surface area contributed by atoms with Gasteiger partial charge in [-0.05, 0) is 56.9 Å². The highest BCUT2D eigenvalue weighted by molar-refractivity contribution is 6.04. The van der Waals surface area contributed by atoms with Crippen LogP contribution in [0.15, 0.2) is 176 Å². The second-order valence-electron chi connectivity index (χ2n) is 11.4. The summed E-state index contributed by atoms with van der Waals surface area (Å²) in [6, 6.07) is 49.6. The molecule has 6 aromatic carbocycles. The predicted octanol–water partition coefficient (Wildman–Crippen LogP) is 11.5. The van der Waals surface area contributed by atoms with Crippen molar-refractivity contribution < 1.29 is 0 Å². The minimum Gasteiger partial charge on any atom is -0.334 e. The van der Waals surface area contributed by atoms with Gasteiger partial charge in [0.2, 0.25) is 0 Å². The summed E-state index contributed by atoms with van der Waals surface area (Å²) in [5.74, 6) is 0. The fourth-order valence-electron chi connectivity index (χ4n) is 6.54. The van der Waals surface area contributed by atoms with Crippen molar-refractivity contribution in [2.45, 2.75) is 6.54 Å². The minimum absolute atomic E-state index is 0.692. The zero-order valence-corrected chi connectivity index (χ0v) is 25.7. The fourth-order valence-corrected chi connectivity index (χ4v) is 6.54. The molecule has 0 saturated carbocycles. The Labute approximate surface area is 271 Å². The monoisotopic (exact) mass is 590 g/mol. The molecule has 0 amide bonds. The summed E-state index contributed by atoms with van der Waals surface area (Å²) in [4.78, 5) is 7.14. The van der Waals surface area contributed by atoms with Crippen molar-refractivity contribution in [1.82, 2.24) is 0 Å². The average molecular weight is 591 g/mol. The number of allylic oxidation sites excluding steroid dienone is 4. The lowest BCUT2D eigenvalue weighted by atomic mass is 9.87. The van der Waals surface area contributed by atoms with Gasteiger partial charge in [0.15, 0.2) is 0 Å². The third-order valence-electron chi connectivity index (χ3n) is 8.75. The van der Waals surface area contributed by atoms with Gasteiger partial charge in [0, 0.05) is 23.2 Å². The van der Waals surface area contributed by atoms with Gasteiger partial charge in [0.1, 0.15) is 0 Å². The topological polar surface area (TPSA) is 15.6 Å². The average Bonchev–Trinajstić information content (AvgIpc) is 3.13. The highest BCUT2D eigenvalue weighted by Gasteiger charge is 2.29. The molecule has 0 unspecified atom stereocenters. The van der Waals surface area contributed by atoms with Crippen molar-refractivity contribution in [3.05, 3.63) is 193 Å². The molecule has 0 spiro atoms. The number of nitrogens with zero attached hydrogens (tertiary/aromatic N) is 2. The number of rotatable bonds is 8. The number of anilines is 1. The molecule has 0 aromatic heterocycles. The minimum atomic E-state index is 0.692. The van der Waals surface area contributed by atoms with E-state index in [1.807, 2.05) is 18.2 Å². The molecular formula is C44H34N2. The molecule has 2 nitrogen and oxygen atoms in total. The smallest absolute Gasteiger partial charge is 0.0937 e. The molecule has 0 fully saturated rings. The van der Waals surface area contributed by atoms with E-state index >= 15 is 0 Å². The molecule has 0 aliphatic carbocycles. The van der Waals surface area contributed by atoms with Crippen molar-refractivity contribution in [3.63, 3.8) is 0 Å². The molecule has 1 aliphatic rings. The first-order chi connectivity index (χ1) is 22.7. The highest BCUT2D eigenvalue weighted by Crippen LogP contribution is 2.48. The number of fused-ring (bicyclic) bond motifs is 5. The summed E-state index contributed by atoms with van der Waals surface area (Å²) in [6.45, 7) is 12.6. The van der Waals surface area contributed by atoms with Gasteiger partial charge in [-0.15, -0.1) is 0 Å². The lowest BCUT2D eigenvalue weighted by molar-refractivity contribution is 0.977. The van der Waals surface area contributed by atoms with Crippen molar-refractivity contribution in [1.29, 1.82) is 0 Å². The van der Waals surface area contributed by atoms with Gasteiger partial charge < -0.3 is 4.90 Å². The molecule has 46 heavy (non-hydrogen) atoms. The van der Waals surface area contributed by atoms with E-state index in [0.29, 0.717) is 6.54 Å². The number of hydrogen-bond donors (Lipinski definition) is 0. The first kappa shape index (κ1) is 28.8. The maximum Gasteiger partial charge on any atom is 0.0937 e. The van der Waals surface area contributed by atoms with Crippen LogP contribution in [0.5, 0.6) is 0 Å². The molecule has 0 saturated heterocycles. The Morgan fingerprint density at radius 3 is 1.98 bits per heavy atom. The summed E-state index contributed by atoms with van der Waals surface area (Å²) in [5.41, 5.74) is 13.3. The molecule has 0 N–H and O–H groups in total. The van der Waals surface area contributed by atoms with E-state index in [1.54, 1.807) is 6.08 Å². The maximum atomic E-state index is 4.70. The quantitative estimate of drug-likeness (QED) is 0.0978. The van der Waals surface area contributed by atoms with Gasteiger partial charge >= 0.3 is 0 Å². The van der Waals surface area contributed by atoms with Gasteiger partial charge in [-0.3, -0.25) is 4.99 Å². The van der Waals surface area contributed by atoms with Crippen LogP contribution in [0.1, 0.15) is 22.3 Å². The van der Waals surface area contributed by atoms with Crippen LogP contribution in [0.4, 0.5) is 5.69 Å². The van der Waals surface area contributed by atoms with Crippen molar-refractivity contribution in [2.75, 3.05) is 4.90 Å². The number of aliphatic imine (C=N–C) groups is 1. The van der Waals surface area contributed by atoms with Crippen molar-refractivity contribution in [2.24, 2.45) is 4.99 Å². The van der Waals surface area contributed by atoms with Crippen LogP contribution in [-0.4, -0.2) is 6.72 Å². The zero-order chi connectivity index (χ0) is 31.5. The molecule has 7 rings (SSSR count). The van der Waals surface area contributed by atoms with Crippen LogP contribution in [0, 0.1) is 0 Å². The maximum absolute atomic E-state index is 4.70. The molecule has 0 atom stereocenters. The van der Waals surface area contributed by atoms with E-state index in [1.165, 1.54) is 27.5 Å². The molecule has 1 aliphatic heterocycles. The lowest BCUT2D eigenvalue weighted by Gasteiger charge is -2.36. The zero-order valence-electron chi connectivity index (χ0n) is 25.7. The second-order valence-corrected chi connectivity index (χ2v) is 11.4. The van der Waals surface area contributed by atoms with Crippen molar-refractivity contribution in [3.8, 4) is 22.3 Å². The van der Waals surface area contributed by atoms with Crippen LogP contribution < -0.4 is 4.90 Å². The van der Waals surface area contributed by atoms with E-state index < -0.39 is 0 Å². The fraction of sp³-hybridized carbons (Fsp3) is 0.0227. The van der Waals surface area contributed by atoms with Gasteiger partial charge in [-0.2, -0.15) is 0 Å². The summed E-state index contributed by atoms with van der Waals surface area (Å²) in [7, 11) is 0. The van der Waals surface area contributed by atoms with E-state index in [-0.39, 0.29) is 0 Å². The second kappa shape index (κ2) is 12.6. The first-order valence-electron chi connectivity index (χ1n) is 15.5. The van der Waals surface area contributed by atoms with Crippen LogP contribution in [0.25, 0.3) is 50.0 Å². The summed E-state index contributed by atoms with van der Waals surface area (Å²) < 4.78 is 0. The third-order valence-corrected chi connectivity index (χ3v) is 8.75. The molecule has 6 aromatic rings. The predicted molar refractivity (Wildman–Crippen MR) is 199 cm³/mol. The number of benzene rings is 6. The molecular weight excluding hydrogens is 556 g/mol. The van der Waals surface area contributed by atoms with E-state index in [4.69, 9.17) is 4.99 Å². The van der Waals surface area contributed by atoms with Gasteiger partial charge in [-0.1, -0.05) is 165 Å². The summed E-state index contributed by atoms with van der Waals surface area (Å²) in [6.07, 6.45) is 5.64. The van der Waals surface area contributed by atoms with Crippen LogP contribution >= 0.6 is 0 Å². The Bertz CT molecular complexity index is 2150. The first-order valence-corrected chi connectivity index (χ1v) is 15.5. The van der Waals surface area contributed by atoms with Crippen LogP contribution in [0.2, 0.25) is 0 Å². The highest BCUT2D eigenvalue weighted by atomic mass is 15.2. The molecule has 0 radical (unpaired) electrons. The van der Waals surface area contributed by atoms with Crippen LogP contribution in [0.3, 0.4) is 0 Å². The Hall–Kier alpha value is -5.99. The van der Waals surface area contributed by atoms with Gasteiger partial charge in [-0.25, -0.2) is 0 Å². The Morgan fingerprint density at radius 1 is 0.630 bits per heavy atom. The molecule has 0 bridgehead atoms. The SMILES string of the molecule is C=C/C=C(\C=C)c1ccc(-c2ccc3c(c2)N(/C(=C(\N=C)c2ccccc2)c2ccccc2)Cc2c-3ccc3ccccc23)cc1.